The van der Waals surface area contributed by atoms with Gasteiger partial charge in [-0.05, 0) is 30.3 Å². The molecule has 4 N–H and O–H groups in total. The van der Waals surface area contributed by atoms with Crippen molar-refractivity contribution < 1.29 is 12.8 Å². The van der Waals surface area contributed by atoms with Gasteiger partial charge in [-0.15, -0.1) is 0 Å². The van der Waals surface area contributed by atoms with Gasteiger partial charge in [-0.25, -0.2) is 22.5 Å². The lowest BCUT2D eigenvalue weighted by atomic mass is 10.3. The fourth-order valence-electron chi connectivity index (χ4n) is 1.95. The van der Waals surface area contributed by atoms with Crippen LogP contribution in [0.2, 0.25) is 0 Å². The molecule has 3 aromatic rings. The molecule has 6 nitrogen and oxygen atoms in total. The van der Waals surface area contributed by atoms with Crippen molar-refractivity contribution in [2.45, 2.75) is 4.90 Å². The molecular formula is C13H11FN4O2S. The zero-order chi connectivity index (χ0) is 15.0. The highest BCUT2D eigenvalue weighted by atomic mass is 32.2. The van der Waals surface area contributed by atoms with Gasteiger partial charge < -0.3 is 10.7 Å². The number of aromatic nitrogens is 2. The van der Waals surface area contributed by atoms with Crippen LogP contribution < -0.4 is 10.5 Å². The number of rotatable bonds is 3. The van der Waals surface area contributed by atoms with E-state index in [1.807, 2.05) is 0 Å². The lowest BCUT2D eigenvalue weighted by Gasteiger charge is -2.07. The van der Waals surface area contributed by atoms with Crippen molar-refractivity contribution in [3.05, 3.63) is 48.3 Å². The fraction of sp³-hybridized carbons (Fsp3) is 0. The molecule has 2 aromatic carbocycles. The lowest BCUT2D eigenvalue weighted by molar-refractivity contribution is 0.600. The van der Waals surface area contributed by atoms with E-state index in [9.17, 15) is 12.8 Å². The minimum atomic E-state index is -3.94. The molecule has 0 saturated heterocycles. The Balaban J connectivity index is 1.99. The van der Waals surface area contributed by atoms with Crippen LogP contribution in [0.25, 0.3) is 11.0 Å². The van der Waals surface area contributed by atoms with Gasteiger partial charge in [0.1, 0.15) is 10.7 Å². The highest BCUT2D eigenvalue weighted by Gasteiger charge is 2.19. The van der Waals surface area contributed by atoms with Crippen LogP contribution in [0.15, 0.2) is 47.4 Å². The maximum absolute atomic E-state index is 13.0. The molecule has 108 valence electrons. The first-order valence-electron chi connectivity index (χ1n) is 5.98. The molecule has 0 spiro atoms. The second-order valence-electron chi connectivity index (χ2n) is 4.39. The molecule has 0 amide bonds. The van der Waals surface area contributed by atoms with E-state index in [1.165, 1.54) is 0 Å². The van der Waals surface area contributed by atoms with Crippen molar-refractivity contribution in [2.75, 3.05) is 10.5 Å². The summed E-state index contributed by atoms with van der Waals surface area (Å²) in [6.45, 7) is 0. The average Bonchev–Trinajstić information content (AvgIpc) is 2.79. The number of fused-ring (bicyclic) bond motifs is 1. The molecular weight excluding hydrogens is 295 g/mol. The molecule has 0 aliphatic rings. The largest absolute Gasteiger partial charge is 0.398 e. The van der Waals surface area contributed by atoms with Crippen LogP contribution in [0.3, 0.4) is 0 Å². The summed E-state index contributed by atoms with van der Waals surface area (Å²) in [6, 6.07) is 10.2. The van der Waals surface area contributed by atoms with E-state index >= 15 is 0 Å². The molecule has 0 radical (unpaired) electrons. The smallest absolute Gasteiger partial charge is 0.266 e. The van der Waals surface area contributed by atoms with E-state index in [1.54, 1.807) is 24.3 Å². The van der Waals surface area contributed by atoms with Gasteiger partial charge in [-0.3, -0.25) is 0 Å². The quantitative estimate of drug-likeness (QED) is 0.645. The van der Waals surface area contributed by atoms with Crippen LogP contribution in [0.4, 0.5) is 16.0 Å². The second-order valence-corrected chi connectivity index (χ2v) is 6.04. The summed E-state index contributed by atoms with van der Waals surface area (Å²) in [6.07, 6.45) is 0. The van der Waals surface area contributed by atoms with Crippen LogP contribution in [0, 0.1) is 5.82 Å². The van der Waals surface area contributed by atoms with Gasteiger partial charge in [0.2, 0.25) is 5.95 Å². The van der Waals surface area contributed by atoms with Crippen LogP contribution in [-0.4, -0.2) is 18.4 Å². The number of sulfonamides is 1. The van der Waals surface area contributed by atoms with E-state index in [-0.39, 0.29) is 16.5 Å². The SMILES string of the molecule is Nc1cc(F)ccc1S(=O)(=O)Nc1nc2ccccc2[nH]1. The molecule has 0 aliphatic carbocycles. The maximum Gasteiger partial charge on any atom is 0.266 e. The van der Waals surface area contributed by atoms with Crippen molar-refractivity contribution >= 4 is 32.7 Å². The van der Waals surface area contributed by atoms with E-state index < -0.39 is 15.8 Å². The number of anilines is 2. The first-order valence-corrected chi connectivity index (χ1v) is 7.46. The van der Waals surface area contributed by atoms with Gasteiger partial charge >= 0.3 is 0 Å². The molecule has 0 saturated carbocycles. The number of para-hydroxylation sites is 2. The predicted octanol–water partition coefficient (Wildman–Crippen LogP) is 2.08. The van der Waals surface area contributed by atoms with Crippen molar-refractivity contribution in [1.82, 2.24) is 9.97 Å². The maximum atomic E-state index is 13.0. The third-order valence-electron chi connectivity index (χ3n) is 2.88. The van der Waals surface area contributed by atoms with Crippen molar-refractivity contribution in [3.63, 3.8) is 0 Å². The highest BCUT2D eigenvalue weighted by Crippen LogP contribution is 2.22. The van der Waals surface area contributed by atoms with Gasteiger partial charge in [-0.1, -0.05) is 12.1 Å². The number of aromatic amines is 1. The minimum absolute atomic E-state index is 0.0694. The standard InChI is InChI=1S/C13H11FN4O2S/c14-8-5-6-12(9(15)7-8)21(19,20)18-13-16-10-3-1-2-4-11(10)17-13/h1-7H,15H2,(H2,16,17,18). The number of hydrogen-bond acceptors (Lipinski definition) is 4. The summed E-state index contributed by atoms with van der Waals surface area (Å²) < 4.78 is 39.7. The number of nitrogens with zero attached hydrogens (tertiary/aromatic N) is 1. The van der Waals surface area contributed by atoms with E-state index in [0.29, 0.717) is 11.0 Å². The Morgan fingerprint density at radius 2 is 1.95 bits per heavy atom. The average molecular weight is 306 g/mol. The number of nitrogen functional groups attached to an aromatic ring is 1. The summed E-state index contributed by atoms with van der Waals surface area (Å²) in [4.78, 5) is 6.74. The monoisotopic (exact) mass is 306 g/mol. The lowest BCUT2D eigenvalue weighted by Crippen LogP contribution is -2.15. The Morgan fingerprint density at radius 3 is 2.67 bits per heavy atom. The van der Waals surface area contributed by atoms with Crippen LogP contribution in [-0.2, 0) is 10.0 Å². The van der Waals surface area contributed by atoms with E-state index in [0.717, 1.165) is 18.2 Å². The first-order chi connectivity index (χ1) is 9.95. The molecule has 0 unspecified atom stereocenters. The fourth-order valence-corrected chi connectivity index (χ4v) is 3.03. The zero-order valence-corrected chi connectivity index (χ0v) is 11.5. The van der Waals surface area contributed by atoms with E-state index in [2.05, 4.69) is 14.7 Å². The Bertz CT molecular complexity index is 888. The predicted molar refractivity (Wildman–Crippen MR) is 77.7 cm³/mol. The van der Waals surface area contributed by atoms with Gasteiger partial charge in [-0.2, -0.15) is 0 Å². The van der Waals surface area contributed by atoms with E-state index in [4.69, 9.17) is 5.73 Å². The van der Waals surface area contributed by atoms with Crippen molar-refractivity contribution in [3.8, 4) is 0 Å². The Labute approximate surface area is 119 Å². The van der Waals surface area contributed by atoms with Gasteiger partial charge in [0.05, 0.1) is 16.7 Å². The Morgan fingerprint density at radius 1 is 1.19 bits per heavy atom. The zero-order valence-electron chi connectivity index (χ0n) is 10.7. The van der Waals surface area contributed by atoms with Gasteiger partial charge in [0.15, 0.2) is 0 Å². The number of H-pyrrole nitrogens is 1. The molecule has 21 heavy (non-hydrogen) atoms. The third kappa shape index (κ3) is 2.52. The molecule has 0 atom stereocenters. The third-order valence-corrected chi connectivity index (χ3v) is 4.29. The molecule has 3 rings (SSSR count). The molecule has 0 fully saturated rings. The summed E-state index contributed by atoms with van der Waals surface area (Å²) in [7, 11) is -3.94. The summed E-state index contributed by atoms with van der Waals surface area (Å²) >= 11 is 0. The number of hydrogen-bond donors (Lipinski definition) is 3. The normalized spacial score (nSPS) is 11.7. The first kappa shape index (κ1) is 13.4. The summed E-state index contributed by atoms with van der Waals surface area (Å²) in [5, 5.41) is 0. The second kappa shape index (κ2) is 4.74. The summed E-state index contributed by atoms with van der Waals surface area (Å²) in [5.41, 5.74) is 6.70. The Hall–Kier alpha value is -2.61. The number of nitrogens with two attached hydrogens (primary N) is 1. The summed E-state index contributed by atoms with van der Waals surface area (Å²) in [5.74, 6) is -0.532. The molecule has 0 bridgehead atoms. The number of imidazole rings is 1. The number of benzene rings is 2. The highest BCUT2D eigenvalue weighted by molar-refractivity contribution is 7.92. The van der Waals surface area contributed by atoms with Crippen molar-refractivity contribution in [1.29, 1.82) is 0 Å². The van der Waals surface area contributed by atoms with Crippen LogP contribution in [0.1, 0.15) is 0 Å². The molecule has 1 aromatic heterocycles. The number of nitrogens with one attached hydrogen (secondary N) is 2. The Kier molecular flexibility index (Phi) is 3.02. The molecule has 0 aliphatic heterocycles. The van der Waals surface area contributed by atoms with Gasteiger partial charge in [0, 0.05) is 0 Å². The van der Waals surface area contributed by atoms with Crippen LogP contribution >= 0.6 is 0 Å². The topological polar surface area (TPSA) is 101 Å². The number of halogens is 1. The molecule has 1 heterocycles. The van der Waals surface area contributed by atoms with Gasteiger partial charge in [0.25, 0.3) is 10.0 Å². The minimum Gasteiger partial charge on any atom is -0.398 e. The van der Waals surface area contributed by atoms with Crippen molar-refractivity contribution in [2.24, 2.45) is 0 Å². The molecule has 8 heteroatoms. The van der Waals surface area contributed by atoms with Crippen LogP contribution in [0.5, 0.6) is 0 Å².